The summed E-state index contributed by atoms with van der Waals surface area (Å²) in [6.45, 7) is 7.34. The first-order valence-corrected chi connectivity index (χ1v) is 6.26. The molecule has 17 heavy (non-hydrogen) atoms. The van der Waals surface area contributed by atoms with Crippen molar-refractivity contribution in [3.05, 3.63) is 30.1 Å². The lowest BCUT2D eigenvalue weighted by atomic mass is 10.1. The highest BCUT2D eigenvalue weighted by atomic mass is 19.1. The van der Waals surface area contributed by atoms with Crippen LogP contribution >= 0.6 is 0 Å². The van der Waals surface area contributed by atoms with Gasteiger partial charge < -0.3 is 10.2 Å². The second-order valence-corrected chi connectivity index (χ2v) is 4.72. The van der Waals surface area contributed by atoms with Gasteiger partial charge in [-0.3, -0.25) is 0 Å². The van der Waals surface area contributed by atoms with Gasteiger partial charge in [0.25, 0.3) is 0 Å². The average molecular weight is 238 g/mol. The summed E-state index contributed by atoms with van der Waals surface area (Å²) < 4.78 is 13.2. The summed E-state index contributed by atoms with van der Waals surface area (Å²) in [7, 11) is 2.02. The van der Waals surface area contributed by atoms with E-state index in [1.54, 1.807) is 12.1 Å². The number of hydrogen-bond donors (Lipinski definition) is 1. The maximum atomic E-state index is 13.2. The molecular weight excluding hydrogens is 215 g/mol. The number of rotatable bonds is 6. The Balaban J connectivity index is 2.68. The third-order valence-electron chi connectivity index (χ3n) is 3.00. The molecular formula is C14H23FN2. The molecule has 1 unspecified atom stereocenters. The van der Waals surface area contributed by atoms with E-state index in [4.69, 9.17) is 0 Å². The van der Waals surface area contributed by atoms with E-state index in [-0.39, 0.29) is 5.82 Å². The van der Waals surface area contributed by atoms with Gasteiger partial charge in [-0.15, -0.1) is 0 Å². The average Bonchev–Trinajstić information content (AvgIpc) is 2.29. The molecule has 0 aliphatic rings. The number of benzene rings is 1. The standard InChI is InChI=1S/C14H23FN2/c1-5-13(10-16-11(2)3)17(4)14-8-6-7-12(15)9-14/h6-9,11,13,16H,5,10H2,1-4H3. The van der Waals surface area contributed by atoms with Gasteiger partial charge in [-0.05, 0) is 24.6 Å². The summed E-state index contributed by atoms with van der Waals surface area (Å²) in [5.74, 6) is -0.180. The monoisotopic (exact) mass is 238 g/mol. The number of nitrogens with zero attached hydrogens (tertiary/aromatic N) is 1. The van der Waals surface area contributed by atoms with Crippen molar-refractivity contribution in [2.24, 2.45) is 0 Å². The second-order valence-electron chi connectivity index (χ2n) is 4.72. The number of hydrogen-bond acceptors (Lipinski definition) is 2. The summed E-state index contributed by atoms with van der Waals surface area (Å²) in [5.41, 5.74) is 0.933. The molecule has 0 radical (unpaired) electrons. The smallest absolute Gasteiger partial charge is 0.125 e. The van der Waals surface area contributed by atoms with Crippen LogP contribution in [0.4, 0.5) is 10.1 Å². The predicted octanol–water partition coefficient (Wildman–Crippen LogP) is 3.04. The quantitative estimate of drug-likeness (QED) is 0.819. The van der Waals surface area contributed by atoms with E-state index in [9.17, 15) is 4.39 Å². The van der Waals surface area contributed by atoms with Gasteiger partial charge in [0.1, 0.15) is 5.82 Å². The van der Waals surface area contributed by atoms with Crippen LogP contribution in [-0.4, -0.2) is 25.7 Å². The summed E-state index contributed by atoms with van der Waals surface area (Å²) in [4.78, 5) is 2.14. The molecule has 1 rings (SSSR count). The van der Waals surface area contributed by atoms with E-state index >= 15 is 0 Å². The van der Waals surface area contributed by atoms with Gasteiger partial charge in [-0.2, -0.15) is 0 Å². The molecule has 0 bridgehead atoms. The van der Waals surface area contributed by atoms with Crippen molar-refractivity contribution in [2.45, 2.75) is 39.3 Å². The molecule has 0 saturated carbocycles. The van der Waals surface area contributed by atoms with Gasteiger partial charge in [0.15, 0.2) is 0 Å². The summed E-state index contributed by atoms with van der Waals surface area (Å²) in [6.07, 6.45) is 1.03. The maximum absolute atomic E-state index is 13.2. The van der Waals surface area contributed by atoms with E-state index in [0.717, 1.165) is 18.7 Å². The Bertz CT molecular complexity index is 339. The topological polar surface area (TPSA) is 15.3 Å². The van der Waals surface area contributed by atoms with Crippen molar-refractivity contribution in [1.82, 2.24) is 5.32 Å². The highest BCUT2D eigenvalue weighted by Gasteiger charge is 2.13. The molecule has 1 aromatic carbocycles. The Hall–Kier alpha value is -1.09. The molecule has 0 amide bonds. The third-order valence-corrected chi connectivity index (χ3v) is 3.00. The van der Waals surface area contributed by atoms with Crippen molar-refractivity contribution in [2.75, 3.05) is 18.5 Å². The molecule has 96 valence electrons. The number of likely N-dealkylation sites (N-methyl/N-ethyl adjacent to an activating group) is 1. The van der Waals surface area contributed by atoms with Gasteiger partial charge in [0.2, 0.25) is 0 Å². The normalized spacial score (nSPS) is 12.8. The molecule has 1 atom stereocenters. The zero-order chi connectivity index (χ0) is 12.8. The minimum absolute atomic E-state index is 0.180. The first-order valence-electron chi connectivity index (χ1n) is 6.26. The lowest BCUT2D eigenvalue weighted by molar-refractivity contribution is 0.501. The van der Waals surface area contributed by atoms with E-state index in [1.807, 2.05) is 13.1 Å². The number of halogens is 1. The van der Waals surface area contributed by atoms with Crippen LogP contribution in [0.5, 0.6) is 0 Å². The predicted molar refractivity (Wildman–Crippen MR) is 72.0 cm³/mol. The Morgan fingerprint density at radius 1 is 1.35 bits per heavy atom. The van der Waals surface area contributed by atoms with Gasteiger partial charge >= 0.3 is 0 Å². The van der Waals surface area contributed by atoms with Crippen LogP contribution < -0.4 is 10.2 Å². The molecule has 0 fully saturated rings. The first-order chi connectivity index (χ1) is 8.04. The van der Waals surface area contributed by atoms with E-state index in [1.165, 1.54) is 6.07 Å². The molecule has 2 nitrogen and oxygen atoms in total. The maximum Gasteiger partial charge on any atom is 0.125 e. The molecule has 0 heterocycles. The Morgan fingerprint density at radius 2 is 2.06 bits per heavy atom. The van der Waals surface area contributed by atoms with Crippen molar-refractivity contribution >= 4 is 5.69 Å². The largest absolute Gasteiger partial charge is 0.370 e. The van der Waals surface area contributed by atoms with Gasteiger partial charge in [-0.25, -0.2) is 4.39 Å². The van der Waals surface area contributed by atoms with Gasteiger partial charge in [0.05, 0.1) is 0 Å². The van der Waals surface area contributed by atoms with Crippen LogP contribution in [0.3, 0.4) is 0 Å². The molecule has 0 aliphatic carbocycles. The zero-order valence-electron chi connectivity index (χ0n) is 11.2. The van der Waals surface area contributed by atoms with Gasteiger partial charge in [0, 0.05) is 31.4 Å². The van der Waals surface area contributed by atoms with Crippen LogP contribution in [0, 0.1) is 5.82 Å². The van der Waals surface area contributed by atoms with Crippen LogP contribution in [0.25, 0.3) is 0 Å². The minimum atomic E-state index is -0.180. The van der Waals surface area contributed by atoms with Crippen LogP contribution in [-0.2, 0) is 0 Å². The van der Waals surface area contributed by atoms with Crippen LogP contribution in [0.15, 0.2) is 24.3 Å². The molecule has 0 saturated heterocycles. The van der Waals surface area contributed by atoms with Crippen molar-refractivity contribution in [1.29, 1.82) is 0 Å². The second kappa shape index (κ2) is 6.60. The van der Waals surface area contributed by atoms with Crippen molar-refractivity contribution in [3.8, 4) is 0 Å². The molecule has 0 spiro atoms. The van der Waals surface area contributed by atoms with E-state index in [0.29, 0.717) is 12.1 Å². The Kier molecular flexibility index (Phi) is 5.42. The van der Waals surface area contributed by atoms with E-state index in [2.05, 4.69) is 31.0 Å². The molecule has 1 N–H and O–H groups in total. The Labute approximate surface area is 104 Å². The highest BCUT2D eigenvalue weighted by Crippen LogP contribution is 2.17. The first kappa shape index (κ1) is 14.0. The highest BCUT2D eigenvalue weighted by molar-refractivity contribution is 5.46. The van der Waals surface area contributed by atoms with Crippen molar-refractivity contribution in [3.63, 3.8) is 0 Å². The summed E-state index contributed by atoms with van der Waals surface area (Å²) in [6, 6.07) is 7.62. The van der Waals surface area contributed by atoms with Crippen molar-refractivity contribution < 1.29 is 4.39 Å². The Morgan fingerprint density at radius 3 is 2.59 bits per heavy atom. The van der Waals surface area contributed by atoms with Crippen LogP contribution in [0.1, 0.15) is 27.2 Å². The fourth-order valence-corrected chi connectivity index (χ4v) is 1.83. The minimum Gasteiger partial charge on any atom is -0.370 e. The number of anilines is 1. The molecule has 0 aliphatic heterocycles. The lowest BCUT2D eigenvalue weighted by Crippen LogP contribution is -2.41. The summed E-state index contributed by atoms with van der Waals surface area (Å²) >= 11 is 0. The number of nitrogens with one attached hydrogen (secondary N) is 1. The summed E-state index contributed by atoms with van der Waals surface area (Å²) in [5, 5.41) is 3.43. The fourth-order valence-electron chi connectivity index (χ4n) is 1.83. The van der Waals surface area contributed by atoms with E-state index < -0.39 is 0 Å². The fraction of sp³-hybridized carbons (Fsp3) is 0.571. The van der Waals surface area contributed by atoms with Crippen LogP contribution in [0.2, 0.25) is 0 Å². The van der Waals surface area contributed by atoms with Gasteiger partial charge in [-0.1, -0.05) is 26.8 Å². The SMILES string of the molecule is CCC(CNC(C)C)N(C)c1cccc(F)c1. The molecule has 3 heteroatoms. The zero-order valence-corrected chi connectivity index (χ0v) is 11.2. The lowest BCUT2D eigenvalue weighted by Gasteiger charge is -2.30. The third kappa shape index (κ3) is 4.35. The molecule has 0 aromatic heterocycles. The molecule has 1 aromatic rings.